The normalized spacial score (nSPS) is 11.7. The van der Waals surface area contributed by atoms with Gasteiger partial charge >= 0.3 is 24.8 Å². The average molecular weight is 508 g/mol. The van der Waals surface area contributed by atoms with Gasteiger partial charge in [0, 0.05) is 5.56 Å². The third kappa shape index (κ3) is 10.3. The SMILES string of the molecule is CCCCC(CCCC)OCc1ccc(C(=O)NC(CCSC)C(=O)O)c(-c2ccccc2C)c1.[H-].[Li+]. The van der Waals surface area contributed by atoms with Crippen molar-refractivity contribution in [2.75, 3.05) is 12.0 Å². The smallest absolute Gasteiger partial charge is 1.00 e. The minimum Gasteiger partial charge on any atom is -1.00 e. The Morgan fingerprint density at radius 2 is 1.69 bits per heavy atom. The number of hydrogen-bond donors (Lipinski definition) is 2. The Bertz CT molecular complexity index is 951. The summed E-state index contributed by atoms with van der Waals surface area (Å²) in [5.74, 6) is -0.719. The zero-order valence-corrected chi connectivity index (χ0v) is 23.5. The summed E-state index contributed by atoms with van der Waals surface area (Å²) in [6.45, 7) is 6.91. The summed E-state index contributed by atoms with van der Waals surface area (Å²) in [7, 11) is 0. The van der Waals surface area contributed by atoms with Gasteiger partial charge in [-0.1, -0.05) is 69.9 Å². The van der Waals surface area contributed by atoms with Gasteiger partial charge in [0.05, 0.1) is 12.7 Å². The molecule has 0 fully saturated rings. The molecule has 2 aromatic rings. The number of rotatable bonds is 16. The van der Waals surface area contributed by atoms with Crippen LogP contribution in [0.4, 0.5) is 0 Å². The number of benzene rings is 2. The van der Waals surface area contributed by atoms with Crippen molar-refractivity contribution in [2.24, 2.45) is 0 Å². The van der Waals surface area contributed by atoms with Crippen molar-refractivity contribution in [3.8, 4) is 11.1 Å². The molecule has 0 aromatic heterocycles. The van der Waals surface area contributed by atoms with E-state index in [1.165, 1.54) is 0 Å². The molecule has 1 unspecified atom stereocenters. The molecule has 2 rings (SSSR count). The summed E-state index contributed by atoms with van der Waals surface area (Å²) < 4.78 is 6.31. The molecule has 0 bridgehead atoms. The van der Waals surface area contributed by atoms with Crippen molar-refractivity contribution in [2.45, 2.75) is 84.5 Å². The molecular weight excluding hydrogens is 465 g/mol. The number of aryl methyl sites for hydroxylation is 1. The maximum Gasteiger partial charge on any atom is 1.00 e. The number of unbranched alkanes of at least 4 members (excludes halogenated alkanes) is 2. The van der Waals surface area contributed by atoms with E-state index in [4.69, 9.17) is 4.74 Å². The molecule has 0 saturated carbocycles. The van der Waals surface area contributed by atoms with Gasteiger partial charge in [0.2, 0.25) is 0 Å². The van der Waals surface area contributed by atoms with Gasteiger partial charge in [-0.2, -0.15) is 11.8 Å². The number of amides is 1. The van der Waals surface area contributed by atoms with Gasteiger partial charge in [-0.25, -0.2) is 4.79 Å². The number of ether oxygens (including phenoxy) is 1. The van der Waals surface area contributed by atoms with Crippen molar-refractivity contribution < 1.29 is 39.7 Å². The molecule has 0 aliphatic heterocycles. The topological polar surface area (TPSA) is 75.6 Å². The molecule has 0 aliphatic carbocycles. The van der Waals surface area contributed by atoms with Gasteiger partial charge in [-0.05, 0) is 72.6 Å². The monoisotopic (exact) mass is 507 g/mol. The Labute approximate surface area is 234 Å². The van der Waals surface area contributed by atoms with Crippen LogP contribution in [0.15, 0.2) is 42.5 Å². The fraction of sp³-hybridized carbons (Fsp3) is 0.517. The van der Waals surface area contributed by atoms with Crippen LogP contribution in [0.5, 0.6) is 0 Å². The number of carboxylic acid groups (broad SMARTS) is 1. The van der Waals surface area contributed by atoms with Gasteiger partial charge < -0.3 is 16.6 Å². The third-order valence-electron chi connectivity index (χ3n) is 6.22. The van der Waals surface area contributed by atoms with Crippen LogP contribution in [-0.4, -0.2) is 41.1 Å². The van der Waals surface area contributed by atoms with Crippen molar-refractivity contribution in [1.29, 1.82) is 0 Å². The molecule has 0 spiro atoms. The van der Waals surface area contributed by atoms with Crippen LogP contribution in [0.3, 0.4) is 0 Å². The minimum absolute atomic E-state index is 0. The maximum atomic E-state index is 13.2. The number of nitrogens with one attached hydrogen (secondary N) is 1. The van der Waals surface area contributed by atoms with E-state index in [9.17, 15) is 14.7 Å². The molecule has 2 N–H and O–H groups in total. The molecule has 5 nitrogen and oxygen atoms in total. The van der Waals surface area contributed by atoms with Gasteiger partial charge in [0.1, 0.15) is 6.04 Å². The summed E-state index contributed by atoms with van der Waals surface area (Å²) in [4.78, 5) is 24.9. The first kappa shape index (κ1) is 32.3. The predicted octanol–water partition coefficient (Wildman–Crippen LogP) is 3.98. The van der Waals surface area contributed by atoms with E-state index in [-0.39, 0.29) is 32.3 Å². The minimum atomic E-state index is -1.01. The Morgan fingerprint density at radius 1 is 1.03 bits per heavy atom. The standard InChI is InChI=1S/C29H41NO4S.Li.H/c1-5-7-12-23(13-8-6-2)34-20-22-15-16-25(26(19-22)24-14-10-9-11-21(24)3)28(31)30-27(29(32)33)17-18-35-4;;/h9-11,14-16,19,23,27H,5-8,12-13,17-18,20H2,1-4H3,(H,30,31)(H,32,33);;/q;+1;-1. The summed E-state index contributed by atoms with van der Waals surface area (Å²) in [6.07, 6.45) is 9.29. The van der Waals surface area contributed by atoms with Crippen molar-refractivity contribution in [3.63, 3.8) is 0 Å². The summed E-state index contributed by atoms with van der Waals surface area (Å²) in [5.41, 5.74) is 4.31. The summed E-state index contributed by atoms with van der Waals surface area (Å²) in [6, 6.07) is 12.8. The van der Waals surface area contributed by atoms with E-state index in [0.29, 0.717) is 24.3 Å². The molecule has 0 aliphatic rings. The Balaban J connectivity index is 0.00000648. The largest absolute Gasteiger partial charge is 1.00 e. The second-order valence-electron chi connectivity index (χ2n) is 9.06. The molecular formula is C29H42LiNO4S. The van der Waals surface area contributed by atoms with Crippen LogP contribution in [0, 0.1) is 6.92 Å². The first-order valence-electron chi connectivity index (χ1n) is 12.7. The molecule has 7 heteroatoms. The van der Waals surface area contributed by atoms with Gasteiger partial charge in [0.15, 0.2) is 0 Å². The third-order valence-corrected chi connectivity index (χ3v) is 6.87. The van der Waals surface area contributed by atoms with E-state index in [1.54, 1.807) is 17.8 Å². The Hall–Kier alpha value is -1.71. The van der Waals surface area contributed by atoms with Gasteiger partial charge in [-0.15, -0.1) is 0 Å². The van der Waals surface area contributed by atoms with Crippen LogP contribution in [0.2, 0.25) is 0 Å². The summed E-state index contributed by atoms with van der Waals surface area (Å²) >= 11 is 1.56. The zero-order valence-electron chi connectivity index (χ0n) is 23.6. The van der Waals surface area contributed by atoms with Crippen molar-refractivity contribution in [3.05, 3.63) is 59.2 Å². The van der Waals surface area contributed by atoms with E-state index in [0.717, 1.165) is 60.8 Å². The zero-order chi connectivity index (χ0) is 25.6. The first-order chi connectivity index (χ1) is 16.9. The van der Waals surface area contributed by atoms with E-state index >= 15 is 0 Å². The number of carbonyl (C=O) groups is 2. The molecule has 2 aromatic carbocycles. The number of carboxylic acids is 1. The van der Waals surface area contributed by atoms with Crippen molar-refractivity contribution >= 4 is 23.6 Å². The van der Waals surface area contributed by atoms with Crippen LogP contribution in [-0.2, 0) is 16.1 Å². The number of thioether (sulfide) groups is 1. The molecule has 0 heterocycles. The van der Waals surface area contributed by atoms with Crippen LogP contribution in [0.1, 0.15) is 81.7 Å². The fourth-order valence-electron chi connectivity index (χ4n) is 4.09. The predicted molar refractivity (Wildman–Crippen MR) is 147 cm³/mol. The molecule has 0 saturated heterocycles. The van der Waals surface area contributed by atoms with Crippen LogP contribution < -0.4 is 24.2 Å². The van der Waals surface area contributed by atoms with E-state index in [2.05, 4.69) is 19.2 Å². The second kappa shape index (κ2) is 17.7. The average Bonchev–Trinajstić information content (AvgIpc) is 2.86. The number of carbonyl (C=O) groups excluding carboxylic acids is 1. The molecule has 1 amide bonds. The number of hydrogen-bond acceptors (Lipinski definition) is 4. The molecule has 36 heavy (non-hydrogen) atoms. The second-order valence-corrected chi connectivity index (χ2v) is 10.0. The van der Waals surface area contributed by atoms with E-state index in [1.807, 2.05) is 49.6 Å². The fourth-order valence-corrected chi connectivity index (χ4v) is 4.57. The number of aliphatic carboxylic acids is 1. The van der Waals surface area contributed by atoms with Crippen LogP contribution in [0.25, 0.3) is 11.1 Å². The Morgan fingerprint density at radius 3 is 2.28 bits per heavy atom. The van der Waals surface area contributed by atoms with E-state index < -0.39 is 12.0 Å². The quantitative estimate of drug-likeness (QED) is 0.336. The first-order valence-corrected chi connectivity index (χ1v) is 14.1. The van der Waals surface area contributed by atoms with Crippen LogP contribution >= 0.6 is 11.8 Å². The van der Waals surface area contributed by atoms with Gasteiger partial charge in [-0.3, -0.25) is 4.79 Å². The van der Waals surface area contributed by atoms with Crippen molar-refractivity contribution in [1.82, 2.24) is 5.32 Å². The molecule has 0 radical (unpaired) electrons. The Kier molecular flexibility index (Phi) is 15.9. The van der Waals surface area contributed by atoms with Gasteiger partial charge in [0.25, 0.3) is 5.91 Å². The molecule has 1 atom stereocenters. The molecule has 194 valence electrons. The summed E-state index contributed by atoms with van der Waals surface area (Å²) in [5, 5.41) is 12.3. The maximum absolute atomic E-state index is 13.2.